The molecule has 4 heteroatoms. The lowest BCUT2D eigenvalue weighted by Crippen LogP contribution is -2.17. The standard InChI is InChI=1S/C44H61O3P/c1-26(2)32-18-34-22-39(30(9)10)43(24-41(34)37(20-32)28(5)6)46-48(45-36-16-14-13-15-17-36)47-44-25-42-35(23-40(44)31(11)12)19-33(27(3)4)21-38(42)29(7)8/h18-31,36H,13-17H2,1-12H3. The molecule has 4 aromatic rings. The molecule has 1 fully saturated rings. The van der Waals surface area contributed by atoms with Crippen molar-refractivity contribution in [2.75, 3.05) is 0 Å². The third-order valence-corrected chi connectivity index (χ3v) is 11.4. The van der Waals surface area contributed by atoms with E-state index in [2.05, 4.69) is 132 Å². The van der Waals surface area contributed by atoms with Gasteiger partial charge in [-0.25, -0.2) is 0 Å². The lowest BCUT2D eigenvalue weighted by Gasteiger charge is -2.28. The molecule has 0 aliphatic heterocycles. The van der Waals surface area contributed by atoms with Gasteiger partial charge in [-0.15, -0.1) is 0 Å². The van der Waals surface area contributed by atoms with Crippen molar-refractivity contribution in [1.82, 2.24) is 0 Å². The van der Waals surface area contributed by atoms with Crippen LogP contribution < -0.4 is 9.05 Å². The largest absolute Gasteiger partial charge is 0.463 e. The number of benzene rings is 4. The van der Waals surface area contributed by atoms with Crippen LogP contribution in [0.4, 0.5) is 0 Å². The van der Waals surface area contributed by atoms with E-state index >= 15 is 0 Å². The van der Waals surface area contributed by atoms with Gasteiger partial charge in [0, 0.05) is 0 Å². The Hall–Kier alpha value is -2.61. The van der Waals surface area contributed by atoms with E-state index in [4.69, 9.17) is 13.6 Å². The predicted octanol–water partition coefficient (Wildman–Crippen LogP) is 14.8. The fraction of sp³-hybridized carbons (Fsp3) is 0.545. The number of hydrogen-bond donors (Lipinski definition) is 0. The van der Waals surface area contributed by atoms with E-state index in [0.29, 0.717) is 23.7 Å². The Bertz CT molecular complexity index is 1590. The number of hydrogen-bond acceptors (Lipinski definition) is 3. The molecule has 1 aliphatic carbocycles. The van der Waals surface area contributed by atoms with Crippen molar-refractivity contribution >= 4 is 30.1 Å². The highest BCUT2D eigenvalue weighted by molar-refractivity contribution is 7.42. The van der Waals surface area contributed by atoms with Gasteiger partial charge in [-0.1, -0.05) is 127 Å². The van der Waals surface area contributed by atoms with E-state index in [1.54, 1.807) is 0 Å². The maximum atomic E-state index is 7.03. The van der Waals surface area contributed by atoms with E-state index in [1.165, 1.54) is 74.2 Å². The van der Waals surface area contributed by atoms with Gasteiger partial charge < -0.3 is 9.05 Å². The Morgan fingerprint density at radius 1 is 0.458 bits per heavy atom. The summed E-state index contributed by atoms with van der Waals surface area (Å²) in [5.41, 5.74) is 7.92. The van der Waals surface area contributed by atoms with Crippen LogP contribution in [-0.4, -0.2) is 6.10 Å². The minimum absolute atomic E-state index is 0.149. The molecule has 0 aromatic heterocycles. The second kappa shape index (κ2) is 15.5. The molecule has 0 amide bonds. The van der Waals surface area contributed by atoms with Crippen molar-refractivity contribution in [3.63, 3.8) is 0 Å². The van der Waals surface area contributed by atoms with Crippen molar-refractivity contribution in [2.24, 2.45) is 0 Å². The topological polar surface area (TPSA) is 27.7 Å². The highest BCUT2D eigenvalue weighted by atomic mass is 31.2. The lowest BCUT2D eigenvalue weighted by molar-refractivity contribution is 0.138. The average Bonchev–Trinajstić information content (AvgIpc) is 3.03. The van der Waals surface area contributed by atoms with E-state index in [1.807, 2.05) is 0 Å². The summed E-state index contributed by atoms with van der Waals surface area (Å²) in [5.74, 6) is 4.09. The zero-order valence-corrected chi connectivity index (χ0v) is 32.8. The molecule has 0 heterocycles. The quantitative estimate of drug-likeness (QED) is 0.141. The molecule has 0 saturated heterocycles. The Morgan fingerprint density at radius 2 is 0.854 bits per heavy atom. The molecule has 0 N–H and O–H groups in total. The normalized spacial score (nSPS) is 14.7. The second-order valence-electron chi connectivity index (χ2n) is 16.1. The van der Waals surface area contributed by atoms with Gasteiger partial charge in [0.05, 0.1) is 6.10 Å². The van der Waals surface area contributed by atoms with Gasteiger partial charge in [0.2, 0.25) is 0 Å². The third-order valence-electron chi connectivity index (χ3n) is 10.2. The minimum atomic E-state index is -1.71. The molecule has 0 radical (unpaired) electrons. The van der Waals surface area contributed by atoms with Crippen LogP contribution >= 0.6 is 8.60 Å². The average molecular weight is 669 g/mol. The van der Waals surface area contributed by atoms with Crippen LogP contribution in [0.25, 0.3) is 21.5 Å². The molecule has 4 aromatic carbocycles. The van der Waals surface area contributed by atoms with Gasteiger partial charge >= 0.3 is 8.60 Å². The molecule has 0 atom stereocenters. The van der Waals surface area contributed by atoms with Crippen molar-refractivity contribution in [1.29, 1.82) is 0 Å². The molecule has 1 aliphatic rings. The van der Waals surface area contributed by atoms with Crippen molar-refractivity contribution in [3.8, 4) is 11.5 Å². The molecule has 3 nitrogen and oxygen atoms in total. The van der Waals surface area contributed by atoms with Gasteiger partial charge in [-0.2, -0.15) is 0 Å². The molecule has 0 spiro atoms. The van der Waals surface area contributed by atoms with Crippen molar-refractivity contribution in [3.05, 3.63) is 81.9 Å². The summed E-state index contributed by atoms with van der Waals surface area (Å²) >= 11 is 0. The van der Waals surface area contributed by atoms with E-state index < -0.39 is 8.60 Å². The minimum Gasteiger partial charge on any atom is -0.417 e. The van der Waals surface area contributed by atoms with Gasteiger partial charge in [0.1, 0.15) is 11.5 Å². The van der Waals surface area contributed by atoms with Gasteiger partial charge in [0.15, 0.2) is 0 Å². The summed E-state index contributed by atoms with van der Waals surface area (Å²) < 4.78 is 20.9. The second-order valence-corrected chi connectivity index (χ2v) is 17.2. The van der Waals surface area contributed by atoms with Gasteiger partial charge in [-0.3, -0.25) is 4.52 Å². The zero-order chi connectivity index (χ0) is 34.9. The first-order chi connectivity index (χ1) is 22.7. The Balaban J connectivity index is 1.64. The molecular weight excluding hydrogens is 607 g/mol. The van der Waals surface area contributed by atoms with Crippen molar-refractivity contribution < 1.29 is 13.6 Å². The number of rotatable bonds is 12. The summed E-state index contributed by atoms with van der Waals surface area (Å²) in [6, 6.07) is 18.8. The molecule has 0 bridgehead atoms. The van der Waals surface area contributed by atoms with Crippen LogP contribution in [0.5, 0.6) is 11.5 Å². The summed E-state index contributed by atoms with van der Waals surface area (Å²) in [7, 11) is -1.71. The fourth-order valence-electron chi connectivity index (χ4n) is 7.12. The summed E-state index contributed by atoms with van der Waals surface area (Å²) in [6.45, 7) is 27.3. The first-order valence-corrected chi connectivity index (χ1v) is 19.9. The Morgan fingerprint density at radius 3 is 1.21 bits per heavy atom. The fourth-order valence-corrected chi connectivity index (χ4v) is 8.34. The molecule has 5 rings (SSSR count). The van der Waals surface area contributed by atoms with E-state index in [9.17, 15) is 0 Å². The van der Waals surface area contributed by atoms with Crippen LogP contribution in [-0.2, 0) is 4.52 Å². The maximum absolute atomic E-state index is 7.03. The molecule has 48 heavy (non-hydrogen) atoms. The molecule has 1 saturated carbocycles. The van der Waals surface area contributed by atoms with Gasteiger partial charge in [-0.05, 0) is 128 Å². The van der Waals surface area contributed by atoms with Crippen LogP contribution in [0.15, 0.2) is 48.5 Å². The summed E-state index contributed by atoms with van der Waals surface area (Å²) in [5, 5.41) is 5.10. The Labute approximate surface area is 293 Å². The van der Waals surface area contributed by atoms with Crippen LogP contribution in [0.1, 0.15) is 184 Å². The van der Waals surface area contributed by atoms with E-state index in [0.717, 1.165) is 24.3 Å². The zero-order valence-electron chi connectivity index (χ0n) is 31.9. The monoisotopic (exact) mass is 668 g/mol. The van der Waals surface area contributed by atoms with Crippen LogP contribution in [0, 0.1) is 0 Å². The van der Waals surface area contributed by atoms with Gasteiger partial charge in [0.25, 0.3) is 0 Å². The SMILES string of the molecule is CC(C)c1cc(C(C)C)c2cc(OP(Oc3cc4c(C(C)C)cc(C(C)C)cc4cc3C(C)C)OC3CCCCC3)c(C(C)C)cc2c1. The summed E-state index contributed by atoms with van der Waals surface area (Å²) in [4.78, 5) is 0. The molecular formula is C44H61O3P. The summed E-state index contributed by atoms with van der Waals surface area (Å²) in [6.07, 6.45) is 5.92. The third kappa shape index (κ3) is 8.22. The predicted molar refractivity (Wildman–Crippen MR) is 209 cm³/mol. The van der Waals surface area contributed by atoms with E-state index in [-0.39, 0.29) is 17.9 Å². The molecule has 260 valence electrons. The van der Waals surface area contributed by atoms with Crippen LogP contribution in [0.3, 0.4) is 0 Å². The lowest BCUT2D eigenvalue weighted by atomic mass is 9.88. The first kappa shape index (κ1) is 36.7. The highest BCUT2D eigenvalue weighted by Crippen LogP contribution is 2.50. The van der Waals surface area contributed by atoms with Crippen molar-refractivity contribution in [2.45, 2.75) is 157 Å². The molecule has 0 unspecified atom stereocenters. The smallest absolute Gasteiger partial charge is 0.417 e. The maximum Gasteiger partial charge on any atom is 0.463 e. The highest BCUT2D eigenvalue weighted by Gasteiger charge is 2.29. The first-order valence-electron chi connectivity index (χ1n) is 18.8. The number of fused-ring (bicyclic) bond motifs is 2. The van der Waals surface area contributed by atoms with Crippen LogP contribution in [0.2, 0.25) is 0 Å². The Kier molecular flexibility index (Phi) is 11.9.